The highest BCUT2D eigenvalue weighted by Crippen LogP contribution is 2.30. The Balaban J connectivity index is 1.48. The molecular weight excluding hydrogens is 288 g/mol. The van der Waals surface area contributed by atoms with E-state index in [1.165, 1.54) is 0 Å². The summed E-state index contributed by atoms with van der Waals surface area (Å²) >= 11 is 0. The molecule has 0 aromatic rings. The standard InChI is InChI=1S/C15H28N2O3S/c18-21(19,15-3-1-2-4-15)17-7-5-14(6-8-17)13-16-9-11-20-12-10-16/h14-15H,1-13H2. The third kappa shape index (κ3) is 3.78. The SMILES string of the molecule is O=S(=O)(C1CCCC1)N1CCC(CN2CCOCC2)CC1. The Labute approximate surface area is 128 Å². The summed E-state index contributed by atoms with van der Waals surface area (Å²) in [5.41, 5.74) is 0. The van der Waals surface area contributed by atoms with Gasteiger partial charge in [0.1, 0.15) is 0 Å². The number of sulfonamides is 1. The van der Waals surface area contributed by atoms with Gasteiger partial charge in [-0.05, 0) is 31.6 Å². The Morgan fingerprint density at radius 2 is 1.52 bits per heavy atom. The average Bonchev–Trinajstić information content (AvgIpc) is 3.04. The second kappa shape index (κ2) is 6.94. The van der Waals surface area contributed by atoms with Crippen molar-refractivity contribution in [2.75, 3.05) is 45.9 Å². The Hall–Kier alpha value is -0.170. The Morgan fingerprint density at radius 1 is 0.905 bits per heavy atom. The largest absolute Gasteiger partial charge is 0.379 e. The fourth-order valence-electron chi connectivity index (χ4n) is 3.89. The van der Waals surface area contributed by atoms with Crippen molar-refractivity contribution in [3.8, 4) is 0 Å². The molecule has 2 saturated heterocycles. The van der Waals surface area contributed by atoms with Crippen molar-refractivity contribution < 1.29 is 13.2 Å². The predicted octanol–water partition coefficient (Wildman–Crippen LogP) is 1.30. The van der Waals surface area contributed by atoms with Crippen molar-refractivity contribution in [3.63, 3.8) is 0 Å². The molecule has 3 fully saturated rings. The summed E-state index contributed by atoms with van der Waals surface area (Å²) in [5.74, 6) is 0.651. The number of hydrogen-bond acceptors (Lipinski definition) is 4. The molecule has 0 aromatic heterocycles. The summed E-state index contributed by atoms with van der Waals surface area (Å²) < 4.78 is 32.3. The van der Waals surface area contributed by atoms with Crippen LogP contribution in [-0.4, -0.2) is 68.8 Å². The molecule has 0 spiro atoms. The summed E-state index contributed by atoms with van der Waals surface area (Å²) in [6, 6.07) is 0. The molecule has 6 heteroatoms. The topological polar surface area (TPSA) is 49.9 Å². The quantitative estimate of drug-likeness (QED) is 0.784. The van der Waals surface area contributed by atoms with Gasteiger partial charge < -0.3 is 4.74 Å². The van der Waals surface area contributed by atoms with Crippen LogP contribution >= 0.6 is 0 Å². The van der Waals surface area contributed by atoms with E-state index in [1.54, 1.807) is 4.31 Å². The highest BCUT2D eigenvalue weighted by atomic mass is 32.2. The van der Waals surface area contributed by atoms with Crippen LogP contribution in [0.15, 0.2) is 0 Å². The molecule has 1 aliphatic carbocycles. The van der Waals surface area contributed by atoms with Gasteiger partial charge in [0.05, 0.1) is 18.5 Å². The van der Waals surface area contributed by atoms with Crippen LogP contribution in [0.1, 0.15) is 38.5 Å². The van der Waals surface area contributed by atoms with Crippen LogP contribution in [0.5, 0.6) is 0 Å². The maximum Gasteiger partial charge on any atom is 0.216 e. The highest BCUT2D eigenvalue weighted by molar-refractivity contribution is 7.89. The van der Waals surface area contributed by atoms with Crippen LogP contribution < -0.4 is 0 Å². The summed E-state index contributed by atoms with van der Waals surface area (Å²) in [4.78, 5) is 2.47. The molecule has 3 rings (SSSR count). The Bertz CT molecular complexity index is 420. The van der Waals surface area contributed by atoms with Gasteiger partial charge in [-0.25, -0.2) is 12.7 Å². The van der Waals surface area contributed by atoms with Crippen molar-refractivity contribution in [1.29, 1.82) is 0 Å². The zero-order chi connectivity index (χ0) is 14.7. The van der Waals surface area contributed by atoms with Gasteiger partial charge in [-0.15, -0.1) is 0 Å². The van der Waals surface area contributed by atoms with Crippen LogP contribution in [0.2, 0.25) is 0 Å². The molecule has 1 saturated carbocycles. The van der Waals surface area contributed by atoms with Crippen molar-refractivity contribution >= 4 is 10.0 Å². The molecule has 2 heterocycles. The smallest absolute Gasteiger partial charge is 0.216 e. The van der Waals surface area contributed by atoms with Gasteiger partial charge in [0.25, 0.3) is 0 Å². The van der Waals surface area contributed by atoms with Crippen molar-refractivity contribution in [1.82, 2.24) is 9.21 Å². The van der Waals surface area contributed by atoms with E-state index >= 15 is 0 Å². The molecule has 0 aromatic carbocycles. The van der Waals surface area contributed by atoms with Crippen molar-refractivity contribution in [2.24, 2.45) is 5.92 Å². The monoisotopic (exact) mass is 316 g/mol. The first-order valence-electron chi connectivity index (χ1n) is 8.45. The molecule has 0 N–H and O–H groups in total. The van der Waals surface area contributed by atoms with Crippen LogP contribution in [-0.2, 0) is 14.8 Å². The number of rotatable bonds is 4. The molecule has 21 heavy (non-hydrogen) atoms. The van der Waals surface area contributed by atoms with Gasteiger partial charge in [0.2, 0.25) is 10.0 Å². The molecule has 5 nitrogen and oxygen atoms in total. The molecule has 3 aliphatic rings. The summed E-state index contributed by atoms with van der Waals surface area (Å²) in [5, 5.41) is -0.0895. The minimum atomic E-state index is -3.02. The number of ether oxygens (including phenoxy) is 1. The zero-order valence-electron chi connectivity index (χ0n) is 12.9. The first-order chi connectivity index (χ1) is 10.2. The minimum absolute atomic E-state index is 0.0895. The molecular formula is C15H28N2O3S. The fraction of sp³-hybridized carbons (Fsp3) is 1.00. The van der Waals surface area contributed by atoms with Gasteiger partial charge in [-0.1, -0.05) is 12.8 Å². The summed E-state index contributed by atoms with van der Waals surface area (Å²) in [6.45, 7) is 6.31. The Kier molecular flexibility index (Phi) is 5.19. The lowest BCUT2D eigenvalue weighted by atomic mass is 9.97. The van der Waals surface area contributed by atoms with Crippen LogP contribution in [0.3, 0.4) is 0 Å². The van der Waals surface area contributed by atoms with Crippen molar-refractivity contribution in [2.45, 2.75) is 43.8 Å². The van der Waals surface area contributed by atoms with Gasteiger partial charge in [-0.2, -0.15) is 0 Å². The lowest BCUT2D eigenvalue weighted by molar-refractivity contribution is 0.0268. The van der Waals surface area contributed by atoms with Gasteiger partial charge >= 0.3 is 0 Å². The number of hydrogen-bond donors (Lipinski definition) is 0. The summed E-state index contributed by atoms with van der Waals surface area (Å²) in [6.07, 6.45) is 5.94. The van der Waals surface area contributed by atoms with E-state index in [0.29, 0.717) is 5.92 Å². The van der Waals surface area contributed by atoms with Crippen LogP contribution in [0.4, 0.5) is 0 Å². The molecule has 2 aliphatic heterocycles. The van der Waals surface area contributed by atoms with Crippen LogP contribution in [0, 0.1) is 5.92 Å². The molecule has 0 radical (unpaired) electrons. The first kappa shape index (κ1) is 15.7. The number of morpholine rings is 1. The second-order valence-electron chi connectivity index (χ2n) is 6.71. The second-order valence-corrected chi connectivity index (χ2v) is 8.92. The van der Waals surface area contributed by atoms with E-state index in [-0.39, 0.29) is 5.25 Å². The van der Waals surface area contributed by atoms with Crippen molar-refractivity contribution in [3.05, 3.63) is 0 Å². The maximum atomic E-state index is 12.6. The maximum absolute atomic E-state index is 12.6. The van der Waals surface area contributed by atoms with E-state index in [0.717, 1.165) is 84.5 Å². The molecule has 0 atom stereocenters. The molecule has 0 unspecified atom stereocenters. The Morgan fingerprint density at radius 3 is 2.14 bits per heavy atom. The lowest BCUT2D eigenvalue weighted by Gasteiger charge is -2.36. The number of piperidine rings is 1. The van der Waals surface area contributed by atoms with Gasteiger partial charge in [0.15, 0.2) is 0 Å². The normalized spacial score (nSPS) is 28.2. The van der Waals surface area contributed by atoms with E-state index in [1.807, 2.05) is 0 Å². The van der Waals surface area contributed by atoms with E-state index in [2.05, 4.69) is 4.90 Å². The lowest BCUT2D eigenvalue weighted by Crippen LogP contribution is -2.46. The fourth-order valence-corrected chi connectivity index (χ4v) is 5.96. The third-order valence-corrected chi connectivity index (χ3v) is 7.68. The third-order valence-electron chi connectivity index (χ3n) is 5.28. The van der Waals surface area contributed by atoms with Crippen LogP contribution in [0.25, 0.3) is 0 Å². The highest BCUT2D eigenvalue weighted by Gasteiger charge is 2.36. The minimum Gasteiger partial charge on any atom is -0.379 e. The van der Waals surface area contributed by atoms with Gasteiger partial charge in [0, 0.05) is 32.7 Å². The zero-order valence-corrected chi connectivity index (χ0v) is 13.7. The van der Waals surface area contributed by atoms with E-state index in [4.69, 9.17) is 4.74 Å². The average molecular weight is 316 g/mol. The molecule has 0 amide bonds. The van der Waals surface area contributed by atoms with E-state index < -0.39 is 10.0 Å². The predicted molar refractivity (Wildman–Crippen MR) is 82.7 cm³/mol. The summed E-state index contributed by atoms with van der Waals surface area (Å²) in [7, 11) is -3.02. The number of nitrogens with zero attached hydrogens (tertiary/aromatic N) is 2. The van der Waals surface area contributed by atoms with E-state index in [9.17, 15) is 8.42 Å². The first-order valence-corrected chi connectivity index (χ1v) is 9.95. The molecule has 122 valence electrons. The molecule has 0 bridgehead atoms. The van der Waals surface area contributed by atoms with Gasteiger partial charge in [-0.3, -0.25) is 4.90 Å².